The van der Waals surface area contributed by atoms with Gasteiger partial charge < -0.3 is 5.01 Å². The second kappa shape index (κ2) is 3.85. The quantitative estimate of drug-likeness (QED) is 0.486. The monoisotopic (exact) mass is 163 g/mol. The summed E-state index contributed by atoms with van der Waals surface area (Å²) in [6.45, 7) is 1.95. The van der Waals surface area contributed by atoms with Gasteiger partial charge in [0.1, 0.15) is 0 Å². The second-order valence-corrected chi connectivity index (χ2v) is 2.75. The van der Waals surface area contributed by atoms with E-state index < -0.39 is 0 Å². The first kappa shape index (κ1) is 8.71. The number of aromatic nitrogens is 1. The van der Waals surface area contributed by atoms with Crippen LogP contribution in [0.4, 0.5) is 0 Å². The van der Waals surface area contributed by atoms with Gasteiger partial charge in [-0.25, -0.2) is 0 Å². The van der Waals surface area contributed by atoms with Crippen LogP contribution in [0.3, 0.4) is 0 Å². The Morgan fingerprint density at radius 3 is 2.67 bits per heavy atom. The summed E-state index contributed by atoms with van der Waals surface area (Å²) in [5.41, 5.74) is 1.85. The molecule has 3 heteroatoms. The van der Waals surface area contributed by atoms with Crippen LogP contribution in [-0.4, -0.2) is 29.8 Å². The molecule has 0 spiro atoms. The fraction of sp³-hybridized carbons (Fsp3) is 0.333. The van der Waals surface area contributed by atoms with Gasteiger partial charge in [0.15, 0.2) is 0 Å². The molecule has 1 aromatic rings. The lowest BCUT2D eigenvalue weighted by atomic mass is 10.3. The lowest BCUT2D eigenvalue weighted by Crippen LogP contribution is -2.08. The first-order valence-corrected chi connectivity index (χ1v) is 3.84. The van der Waals surface area contributed by atoms with Crippen LogP contribution < -0.4 is 0 Å². The number of pyridine rings is 1. The van der Waals surface area contributed by atoms with Crippen LogP contribution in [0.15, 0.2) is 29.5 Å². The third-order valence-electron chi connectivity index (χ3n) is 1.39. The third-order valence-corrected chi connectivity index (χ3v) is 1.39. The Bertz CT molecular complexity index is 264. The maximum absolute atomic E-state index is 4.24. The van der Waals surface area contributed by atoms with Gasteiger partial charge in [-0.3, -0.25) is 4.98 Å². The summed E-state index contributed by atoms with van der Waals surface area (Å²) < 4.78 is 0. The highest BCUT2D eigenvalue weighted by Crippen LogP contribution is 1.96. The van der Waals surface area contributed by atoms with Gasteiger partial charge in [0, 0.05) is 20.3 Å². The summed E-state index contributed by atoms with van der Waals surface area (Å²) >= 11 is 0. The molecule has 1 heterocycles. The van der Waals surface area contributed by atoms with Crippen molar-refractivity contribution in [3.05, 3.63) is 30.1 Å². The maximum Gasteiger partial charge on any atom is 0.0859 e. The number of hydrogen-bond acceptors (Lipinski definition) is 3. The predicted octanol–water partition coefficient (Wildman–Crippen LogP) is 1.37. The molecule has 0 fully saturated rings. The van der Waals surface area contributed by atoms with Crippen molar-refractivity contribution in [2.75, 3.05) is 14.1 Å². The first-order valence-electron chi connectivity index (χ1n) is 3.84. The summed E-state index contributed by atoms with van der Waals surface area (Å²) in [7, 11) is 3.79. The lowest BCUT2D eigenvalue weighted by Gasteiger charge is -2.05. The molecule has 0 radical (unpaired) electrons. The molecule has 12 heavy (non-hydrogen) atoms. The zero-order valence-corrected chi connectivity index (χ0v) is 7.65. The van der Waals surface area contributed by atoms with Gasteiger partial charge >= 0.3 is 0 Å². The van der Waals surface area contributed by atoms with Crippen molar-refractivity contribution in [2.24, 2.45) is 5.10 Å². The van der Waals surface area contributed by atoms with E-state index in [1.54, 1.807) is 11.2 Å². The van der Waals surface area contributed by atoms with Crippen LogP contribution in [0.5, 0.6) is 0 Å². The van der Waals surface area contributed by atoms with Crippen molar-refractivity contribution in [1.82, 2.24) is 9.99 Å². The number of hydrogen-bond donors (Lipinski definition) is 0. The van der Waals surface area contributed by atoms with Crippen molar-refractivity contribution in [3.63, 3.8) is 0 Å². The van der Waals surface area contributed by atoms with Crippen molar-refractivity contribution in [2.45, 2.75) is 6.92 Å². The van der Waals surface area contributed by atoms with Gasteiger partial charge in [-0.2, -0.15) is 5.10 Å². The Hall–Kier alpha value is -1.38. The van der Waals surface area contributed by atoms with E-state index in [1.165, 1.54) is 0 Å². The van der Waals surface area contributed by atoms with E-state index in [4.69, 9.17) is 0 Å². The number of rotatable bonds is 2. The van der Waals surface area contributed by atoms with E-state index in [9.17, 15) is 0 Å². The highest BCUT2D eigenvalue weighted by atomic mass is 15.4. The molecule has 0 N–H and O–H groups in total. The van der Waals surface area contributed by atoms with Crippen molar-refractivity contribution in [1.29, 1.82) is 0 Å². The number of nitrogens with zero attached hydrogens (tertiary/aromatic N) is 3. The normalized spacial score (nSPS) is 11.4. The molecule has 3 nitrogen and oxygen atoms in total. The highest BCUT2D eigenvalue weighted by molar-refractivity contribution is 5.96. The number of hydrazone groups is 1. The molecule has 0 bridgehead atoms. The molecule has 0 unspecified atom stereocenters. The molecule has 0 aliphatic carbocycles. The van der Waals surface area contributed by atoms with Gasteiger partial charge in [0.05, 0.1) is 11.4 Å². The minimum atomic E-state index is 0.922. The molecule has 1 aromatic heterocycles. The molecule has 0 aliphatic rings. The second-order valence-electron chi connectivity index (χ2n) is 2.75. The van der Waals surface area contributed by atoms with Crippen molar-refractivity contribution < 1.29 is 0 Å². The van der Waals surface area contributed by atoms with Gasteiger partial charge in [0.25, 0.3) is 0 Å². The Morgan fingerprint density at radius 2 is 2.17 bits per heavy atom. The zero-order valence-electron chi connectivity index (χ0n) is 7.65. The standard InChI is InChI=1S/C9H13N3/c1-8(11-12(2)3)9-6-4-5-7-10-9/h4-7H,1-3H3/b11-8-. The van der Waals surface area contributed by atoms with Gasteiger partial charge in [-0.15, -0.1) is 0 Å². The molecule has 0 aromatic carbocycles. The molecular weight excluding hydrogens is 150 g/mol. The van der Waals surface area contributed by atoms with E-state index in [2.05, 4.69) is 10.1 Å². The van der Waals surface area contributed by atoms with Crippen LogP contribution >= 0.6 is 0 Å². The summed E-state index contributed by atoms with van der Waals surface area (Å²) in [5, 5.41) is 6.00. The topological polar surface area (TPSA) is 28.5 Å². The van der Waals surface area contributed by atoms with Crippen LogP contribution in [0, 0.1) is 0 Å². The first-order chi connectivity index (χ1) is 5.70. The average molecular weight is 163 g/mol. The van der Waals surface area contributed by atoms with Crippen molar-refractivity contribution in [3.8, 4) is 0 Å². The fourth-order valence-electron chi connectivity index (χ4n) is 0.928. The summed E-state index contributed by atoms with van der Waals surface area (Å²) in [5.74, 6) is 0. The molecule has 0 saturated heterocycles. The van der Waals surface area contributed by atoms with E-state index in [0.29, 0.717) is 0 Å². The van der Waals surface area contributed by atoms with E-state index in [0.717, 1.165) is 11.4 Å². The predicted molar refractivity (Wildman–Crippen MR) is 50.1 cm³/mol. The van der Waals surface area contributed by atoms with Gasteiger partial charge in [-0.1, -0.05) is 6.07 Å². The van der Waals surface area contributed by atoms with E-state index in [-0.39, 0.29) is 0 Å². The van der Waals surface area contributed by atoms with Crippen LogP contribution in [0.2, 0.25) is 0 Å². The summed E-state index contributed by atoms with van der Waals surface area (Å²) in [6, 6.07) is 5.80. The van der Waals surface area contributed by atoms with Crippen LogP contribution in [0.1, 0.15) is 12.6 Å². The SMILES string of the molecule is C/C(=N/N(C)C)c1ccccn1. The molecule has 0 atom stereocenters. The molecular formula is C9H13N3. The Balaban J connectivity index is 2.85. The van der Waals surface area contributed by atoms with Gasteiger partial charge in [0.2, 0.25) is 0 Å². The minimum absolute atomic E-state index is 0.922. The molecule has 0 saturated carbocycles. The largest absolute Gasteiger partial charge is 0.303 e. The van der Waals surface area contributed by atoms with E-state index in [1.807, 2.05) is 39.2 Å². The zero-order chi connectivity index (χ0) is 8.97. The average Bonchev–Trinajstić information content (AvgIpc) is 2.05. The minimum Gasteiger partial charge on any atom is -0.303 e. The summed E-state index contributed by atoms with van der Waals surface area (Å²) in [6.07, 6.45) is 1.77. The Morgan fingerprint density at radius 1 is 1.42 bits per heavy atom. The summed E-state index contributed by atoms with van der Waals surface area (Å²) in [4.78, 5) is 4.17. The fourth-order valence-corrected chi connectivity index (χ4v) is 0.928. The van der Waals surface area contributed by atoms with Crippen LogP contribution in [-0.2, 0) is 0 Å². The lowest BCUT2D eigenvalue weighted by molar-refractivity contribution is 0.437. The molecule has 0 aliphatic heterocycles. The smallest absolute Gasteiger partial charge is 0.0859 e. The van der Waals surface area contributed by atoms with Crippen LogP contribution in [0.25, 0.3) is 0 Å². The van der Waals surface area contributed by atoms with Crippen molar-refractivity contribution >= 4 is 5.71 Å². The maximum atomic E-state index is 4.24. The van der Waals surface area contributed by atoms with E-state index >= 15 is 0 Å². The molecule has 1 rings (SSSR count). The third kappa shape index (κ3) is 2.34. The Kier molecular flexibility index (Phi) is 2.80. The molecule has 0 amide bonds. The highest BCUT2D eigenvalue weighted by Gasteiger charge is 1.96. The Labute approximate surface area is 72.7 Å². The molecule has 64 valence electrons. The van der Waals surface area contributed by atoms with Gasteiger partial charge in [-0.05, 0) is 19.1 Å².